The van der Waals surface area contributed by atoms with E-state index in [9.17, 15) is 4.79 Å². The van der Waals surface area contributed by atoms with Gasteiger partial charge >= 0.3 is 5.97 Å². The summed E-state index contributed by atoms with van der Waals surface area (Å²) >= 11 is 5.44. The molecule has 0 radical (unpaired) electrons. The summed E-state index contributed by atoms with van der Waals surface area (Å²) in [5.74, 6) is -0.357. The zero-order valence-corrected chi connectivity index (χ0v) is 13.0. The summed E-state index contributed by atoms with van der Waals surface area (Å²) in [6.07, 6.45) is 3.59. The van der Waals surface area contributed by atoms with Crippen LogP contribution in [0, 0.1) is 6.92 Å². The van der Waals surface area contributed by atoms with Crippen molar-refractivity contribution >= 4 is 29.0 Å². The molecule has 110 valence electrons. The minimum atomic E-state index is -0.357. The molecule has 1 aromatic heterocycles. The largest absolute Gasteiger partial charge is 0.464 e. The molecule has 0 atom stereocenters. The lowest BCUT2D eigenvalue weighted by atomic mass is 10.1. The lowest BCUT2D eigenvalue weighted by molar-refractivity contribution is 0.0591. The molecule has 6 heteroatoms. The molecule has 2 heterocycles. The number of methoxy groups -OCH3 is 1. The molecule has 1 N–H and O–H groups in total. The van der Waals surface area contributed by atoms with E-state index in [1.807, 2.05) is 24.6 Å². The smallest absolute Gasteiger partial charge is 0.356 e. The zero-order valence-electron chi connectivity index (χ0n) is 12.2. The van der Waals surface area contributed by atoms with Crippen LogP contribution in [0.2, 0.25) is 0 Å². The van der Waals surface area contributed by atoms with Gasteiger partial charge in [-0.25, -0.2) is 4.79 Å². The summed E-state index contributed by atoms with van der Waals surface area (Å²) in [6, 6.07) is 1.92. The van der Waals surface area contributed by atoms with Crippen LogP contribution in [-0.4, -0.2) is 40.7 Å². The SMILES string of the molecule is COC(=O)c1c(NC(=S)N2CCCCC2)cc(C)n1C. The van der Waals surface area contributed by atoms with Crippen LogP contribution in [0.15, 0.2) is 6.07 Å². The van der Waals surface area contributed by atoms with Crippen molar-refractivity contribution in [3.8, 4) is 0 Å². The predicted octanol–water partition coefficient (Wildman–Crippen LogP) is 2.30. The van der Waals surface area contributed by atoms with Crippen LogP contribution in [0.25, 0.3) is 0 Å². The molecule has 1 aromatic rings. The number of ether oxygens (including phenoxy) is 1. The van der Waals surface area contributed by atoms with Crippen molar-refractivity contribution < 1.29 is 9.53 Å². The van der Waals surface area contributed by atoms with Crippen molar-refractivity contribution in [2.45, 2.75) is 26.2 Å². The highest BCUT2D eigenvalue weighted by atomic mass is 32.1. The Morgan fingerprint density at radius 1 is 1.35 bits per heavy atom. The van der Waals surface area contributed by atoms with Gasteiger partial charge in [-0.15, -0.1) is 0 Å². The molecule has 2 rings (SSSR count). The van der Waals surface area contributed by atoms with Gasteiger partial charge in [-0.05, 0) is 44.5 Å². The molecule has 0 aliphatic carbocycles. The number of aromatic nitrogens is 1. The first-order chi connectivity index (χ1) is 9.54. The lowest BCUT2D eigenvalue weighted by Crippen LogP contribution is -2.38. The number of likely N-dealkylation sites (tertiary alicyclic amines) is 1. The number of hydrogen-bond acceptors (Lipinski definition) is 3. The second kappa shape index (κ2) is 6.26. The number of carbonyl (C=O) groups excluding carboxylic acids is 1. The average Bonchev–Trinajstić information content (AvgIpc) is 2.74. The summed E-state index contributed by atoms with van der Waals surface area (Å²) in [5.41, 5.74) is 2.20. The standard InChI is InChI=1S/C14H21N3O2S/c1-10-9-11(12(16(10)2)13(18)19-3)15-14(20)17-7-5-4-6-8-17/h9H,4-8H2,1-3H3,(H,15,20). The van der Waals surface area contributed by atoms with Gasteiger partial charge in [-0.3, -0.25) is 0 Å². The van der Waals surface area contributed by atoms with Crippen LogP contribution in [0.4, 0.5) is 5.69 Å². The van der Waals surface area contributed by atoms with E-state index in [0.29, 0.717) is 16.5 Å². The number of nitrogens with zero attached hydrogens (tertiary/aromatic N) is 2. The first-order valence-electron chi connectivity index (χ1n) is 6.85. The average molecular weight is 295 g/mol. The van der Waals surface area contributed by atoms with Gasteiger partial charge in [-0.2, -0.15) is 0 Å². The van der Waals surface area contributed by atoms with Crippen LogP contribution in [0.5, 0.6) is 0 Å². The number of rotatable bonds is 2. The van der Waals surface area contributed by atoms with Crippen molar-refractivity contribution in [1.82, 2.24) is 9.47 Å². The fraction of sp³-hybridized carbons (Fsp3) is 0.571. The van der Waals surface area contributed by atoms with Gasteiger partial charge in [0.2, 0.25) is 0 Å². The van der Waals surface area contributed by atoms with Crippen LogP contribution in [-0.2, 0) is 11.8 Å². The number of anilines is 1. The topological polar surface area (TPSA) is 46.5 Å². The number of hydrogen-bond donors (Lipinski definition) is 1. The molecule has 1 fully saturated rings. The van der Waals surface area contributed by atoms with Gasteiger partial charge in [0.1, 0.15) is 0 Å². The minimum absolute atomic E-state index is 0.357. The highest BCUT2D eigenvalue weighted by Gasteiger charge is 2.21. The number of aryl methyl sites for hydroxylation is 1. The Morgan fingerprint density at radius 2 is 2.00 bits per heavy atom. The second-order valence-corrected chi connectivity index (χ2v) is 5.46. The van der Waals surface area contributed by atoms with Gasteiger partial charge in [0.05, 0.1) is 12.8 Å². The molecule has 0 amide bonds. The fourth-order valence-electron chi connectivity index (χ4n) is 2.46. The third-order valence-corrected chi connectivity index (χ3v) is 4.10. The van der Waals surface area contributed by atoms with Crippen molar-refractivity contribution in [3.63, 3.8) is 0 Å². The predicted molar refractivity (Wildman–Crippen MR) is 83.1 cm³/mol. The monoisotopic (exact) mass is 295 g/mol. The lowest BCUT2D eigenvalue weighted by Gasteiger charge is -2.29. The van der Waals surface area contributed by atoms with Crippen molar-refractivity contribution in [2.75, 3.05) is 25.5 Å². The molecular formula is C14H21N3O2S. The summed E-state index contributed by atoms with van der Waals surface area (Å²) < 4.78 is 6.65. The molecule has 20 heavy (non-hydrogen) atoms. The molecule has 0 aromatic carbocycles. The maximum Gasteiger partial charge on any atom is 0.356 e. The highest BCUT2D eigenvalue weighted by Crippen LogP contribution is 2.22. The molecular weight excluding hydrogens is 274 g/mol. The normalized spacial score (nSPS) is 15.1. The van der Waals surface area contributed by atoms with Crippen LogP contribution >= 0.6 is 12.2 Å². The van der Waals surface area contributed by atoms with Crippen molar-refractivity contribution in [2.24, 2.45) is 7.05 Å². The second-order valence-electron chi connectivity index (χ2n) is 5.08. The Kier molecular flexibility index (Phi) is 4.65. The van der Waals surface area contributed by atoms with Crippen molar-refractivity contribution in [1.29, 1.82) is 0 Å². The van der Waals surface area contributed by atoms with E-state index >= 15 is 0 Å². The van der Waals surface area contributed by atoms with E-state index in [4.69, 9.17) is 17.0 Å². The van der Waals surface area contributed by atoms with Crippen LogP contribution in [0.1, 0.15) is 35.4 Å². The first-order valence-corrected chi connectivity index (χ1v) is 7.26. The van der Waals surface area contributed by atoms with E-state index in [1.54, 1.807) is 0 Å². The van der Waals surface area contributed by atoms with Gasteiger partial charge < -0.3 is 19.5 Å². The summed E-state index contributed by atoms with van der Waals surface area (Å²) in [4.78, 5) is 14.0. The van der Waals surface area contributed by atoms with Gasteiger partial charge in [-0.1, -0.05) is 0 Å². The summed E-state index contributed by atoms with van der Waals surface area (Å²) in [7, 11) is 3.23. The minimum Gasteiger partial charge on any atom is -0.464 e. The molecule has 0 unspecified atom stereocenters. The van der Waals surface area contributed by atoms with E-state index in [1.165, 1.54) is 26.4 Å². The van der Waals surface area contributed by atoms with Crippen LogP contribution < -0.4 is 5.32 Å². The summed E-state index contributed by atoms with van der Waals surface area (Å²) in [6.45, 7) is 3.90. The Morgan fingerprint density at radius 3 is 2.60 bits per heavy atom. The van der Waals surface area contributed by atoms with E-state index in [-0.39, 0.29) is 5.97 Å². The zero-order chi connectivity index (χ0) is 14.7. The Labute approximate surface area is 124 Å². The van der Waals surface area contributed by atoms with Gasteiger partial charge in [0.15, 0.2) is 10.8 Å². The number of piperidine rings is 1. The number of carbonyl (C=O) groups is 1. The van der Waals surface area contributed by atoms with E-state index < -0.39 is 0 Å². The fourth-order valence-corrected chi connectivity index (χ4v) is 2.75. The number of esters is 1. The maximum atomic E-state index is 11.9. The third kappa shape index (κ3) is 2.95. The first kappa shape index (κ1) is 14.8. The molecule has 0 saturated carbocycles. The van der Waals surface area contributed by atoms with Crippen molar-refractivity contribution in [3.05, 3.63) is 17.5 Å². The number of thiocarbonyl (C=S) groups is 1. The van der Waals surface area contributed by atoms with Gasteiger partial charge in [0, 0.05) is 25.8 Å². The van der Waals surface area contributed by atoms with E-state index in [0.717, 1.165) is 18.8 Å². The van der Waals surface area contributed by atoms with Crippen LogP contribution in [0.3, 0.4) is 0 Å². The Bertz CT molecular complexity index is 519. The molecule has 1 saturated heterocycles. The molecule has 0 spiro atoms. The highest BCUT2D eigenvalue weighted by molar-refractivity contribution is 7.80. The summed E-state index contributed by atoms with van der Waals surface area (Å²) in [5, 5.41) is 3.87. The van der Waals surface area contributed by atoms with Gasteiger partial charge in [0.25, 0.3) is 0 Å². The molecule has 0 bridgehead atoms. The Balaban J connectivity index is 2.18. The maximum absolute atomic E-state index is 11.9. The van der Waals surface area contributed by atoms with E-state index in [2.05, 4.69) is 10.2 Å². The molecule has 1 aliphatic heterocycles. The quantitative estimate of drug-likeness (QED) is 0.670. The number of nitrogens with one attached hydrogen (secondary N) is 1. The Hall–Kier alpha value is -1.56. The molecule has 5 nitrogen and oxygen atoms in total. The molecule has 1 aliphatic rings. The third-order valence-electron chi connectivity index (χ3n) is 3.74.